The monoisotopic (exact) mass is 352 g/mol. The highest BCUT2D eigenvalue weighted by molar-refractivity contribution is 5.92. The number of methoxy groups -OCH3 is 1. The molecule has 4 rings (SSSR count). The minimum Gasteiger partial charge on any atom is -0.497 e. The van der Waals surface area contributed by atoms with Crippen LogP contribution in [0.25, 0.3) is 33.6 Å². The number of ether oxygens (including phenoxy) is 1. The van der Waals surface area contributed by atoms with Gasteiger partial charge < -0.3 is 4.74 Å². The quantitative estimate of drug-likeness (QED) is 0.466. The van der Waals surface area contributed by atoms with E-state index < -0.39 is 0 Å². The molecule has 0 aliphatic carbocycles. The second-order valence-corrected chi connectivity index (χ2v) is 6.40. The molecule has 0 N–H and O–H groups in total. The van der Waals surface area contributed by atoms with Crippen LogP contribution in [0.2, 0.25) is 0 Å². The molecule has 3 aromatic carbocycles. The van der Waals surface area contributed by atoms with Gasteiger partial charge in [0.25, 0.3) is 0 Å². The van der Waals surface area contributed by atoms with Crippen molar-refractivity contribution in [3.63, 3.8) is 0 Å². The van der Waals surface area contributed by atoms with E-state index in [1.807, 2.05) is 18.2 Å². The van der Waals surface area contributed by atoms with E-state index in [2.05, 4.69) is 71.5 Å². The Morgan fingerprint density at radius 2 is 1.22 bits per heavy atom. The van der Waals surface area contributed by atoms with Crippen molar-refractivity contribution >= 4 is 0 Å². The van der Waals surface area contributed by atoms with E-state index in [4.69, 9.17) is 4.74 Å². The van der Waals surface area contributed by atoms with E-state index in [0.29, 0.717) is 0 Å². The van der Waals surface area contributed by atoms with Crippen molar-refractivity contribution in [2.75, 3.05) is 7.11 Å². The van der Waals surface area contributed by atoms with E-state index in [1.165, 1.54) is 5.56 Å². The number of nitrogens with zero attached hydrogens (tertiary/aromatic N) is 2. The fourth-order valence-electron chi connectivity index (χ4n) is 3.21. The van der Waals surface area contributed by atoms with Gasteiger partial charge in [0, 0.05) is 18.0 Å². The molecular formula is C24H20N2O. The minimum absolute atomic E-state index is 0.722. The Balaban J connectivity index is 1.96. The lowest BCUT2D eigenvalue weighted by molar-refractivity contribution is 0.415. The zero-order valence-corrected chi connectivity index (χ0v) is 15.4. The summed E-state index contributed by atoms with van der Waals surface area (Å²) in [6, 6.07) is 24.8. The molecule has 0 saturated heterocycles. The Hall–Kier alpha value is -3.46. The molecule has 1 heterocycles. The fraction of sp³-hybridized carbons (Fsp3) is 0.0833. The van der Waals surface area contributed by atoms with Crippen molar-refractivity contribution in [3.05, 3.63) is 90.8 Å². The summed E-state index contributed by atoms with van der Waals surface area (Å²) in [7, 11) is 1.68. The molecule has 3 nitrogen and oxygen atoms in total. The van der Waals surface area contributed by atoms with Crippen molar-refractivity contribution < 1.29 is 4.74 Å². The summed E-state index contributed by atoms with van der Waals surface area (Å²) in [5, 5.41) is 0. The van der Waals surface area contributed by atoms with Gasteiger partial charge >= 0.3 is 0 Å². The van der Waals surface area contributed by atoms with Gasteiger partial charge in [-0.05, 0) is 47.4 Å². The largest absolute Gasteiger partial charge is 0.497 e. The number of benzene rings is 3. The first kappa shape index (κ1) is 17.0. The molecule has 132 valence electrons. The summed E-state index contributed by atoms with van der Waals surface area (Å²) in [4.78, 5) is 9.07. The molecule has 0 fully saturated rings. The van der Waals surface area contributed by atoms with Gasteiger partial charge in [0.05, 0.1) is 7.11 Å². The third-order valence-electron chi connectivity index (χ3n) is 4.62. The Kier molecular flexibility index (Phi) is 4.67. The zero-order chi connectivity index (χ0) is 18.6. The van der Waals surface area contributed by atoms with Crippen molar-refractivity contribution in [3.8, 4) is 39.4 Å². The molecule has 1 aromatic heterocycles. The van der Waals surface area contributed by atoms with Crippen LogP contribution in [0.3, 0.4) is 0 Å². The molecular weight excluding hydrogens is 332 g/mol. The molecule has 0 unspecified atom stereocenters. The summed E-state index contributed by atoms with van der Waals surface area (Å²) in [5.74, 6) is 1.56. The summed E-state index contributed by atoms with van der Waals surface area (Å²) >= 11 is 0. The molecule has 0 spiro atoms. The predicted molar refractivity (Wildman–Crippen MR) is 110 cm³/mol. The number of hydrogen-bond acceptors (Lipinski definition) is 3. The topological polar surface area (TPSA) is 35.0 Å². The molecule has 27 heavy (non-hydrogen) atoms. The predicted octanol–water partition coefficient (Wildman–Crippen LogP) is 5.79. The SMILES string of the molecule is COc1ccc(-c2cccc(-c3ccc(C)cc3)c2-c2ncccn2)cc1. The molecule has 4 aromatic rings. The van der Waals surface area contributed by atoms with Crippen LogP contribution in [0, 0.1) is 6.92 Å². The molecule has 0 saturated carbocycles. The Morgan fingerprint density at radius 3 is 1.78 bits per heavy atom. The summed E-state index contributed by atoms with van der Waals surface area (Å²) < 4.78 is 5.30. The maximum absolute atomic E-state index is 5.30. The molecule has 0 radical (unpaired) electrons. The third kappa shape index (κ3) is 3.44. The lowest BCUT2D eigenvalue weighted by Crippen LogP contribution is -1.95. The summed E-state index contributed by atoms with van der Waals surface area (Å²) in [6.45, 7) is 2.10. The Morgan fingerprint density at radius 1 is 0.667 bits per heavy atom. The minimum atomic E-state index is 0.722. The van der Waals surface area contributed by atoms with Crippen LogP contribution in [-0.2, 0) is 0 Å². The fourth-order valence-corrected chi connectivity index (χ4v) is 3.21. The van der Waals surface area contributed by atoms with Gasteiger partial charge in [-0.25, -0.2) is 9.97 Å². The lowest BCUT2D eigenvalue weighted by Gasteiger charge is -2.15. The molecule has 0 amide bonds. The molecule has 3 heteroatoms. The Bertz CT molecular complexity index is 1040. The number of aryl methyl sites for hydroxylation is 1. The van der Waals surface area contributed by atoms with E-state index in [9.17, 15) is 0 Å². The lowest BCUT2D eigenvalue weighted by atomic mass is 9.91. The number of aromatic nitrogens is 2. The number of hydrogen-bond donors (Lipinski definition) is 0. The van der Waals surface area contributed by atoms with Crippen molar-refractivity contribution in [2.24, 2.45) is 0 Å². The van der Waals surface area contributed by atoms with Crippen molar-refractivity contribution in [2.45, 2.75) is 6.92 Å². The first-order valence-corrected chi connectivity index (χ1v) is 8.88. The van der Waals surface area contributed by atoms with E-state index >= 15 is 0 Å². The van der Waals surface area contributed by atoms with E-state index in [1.54, 1.807) is 19.5 Å². The molecule has 0 aliphatic rings. The maximum atomic E-state index is 5.30. The van der Waals surface area contributed by atoms with Gasteiger partial charge in [0.1, 0.15) is 5.75 Å². The van der Waals surface area contributed by atoms with Gasteiger partial charge in [0.2, 0.25) is 0 Å². The highest BCUT2D eigenvalue weighted by Gasteiger charge is 2.16. The molecule has 0 aliphatic heterocycles. The Labute approximate surface area is 159 Å². The highest BCUT2D eigenvalue weighted by atomic mass is 16.5. The van der Waals surface area contributed by atoms with Gasteiger partial charge in [-0.3, -0.25) is 0 Å². The van der Waals surface area contributed by atoms with Crippen LogP contribution >= 0.6 is 0 Å². The summed E-state index contributed by atoms with van der Waals surface area (Å²) in [6.07, 6.45) is 3.57. The van der Waals surface area contributed by atoms with Crippen LogP contribution in [0.15, 0.2) is 85.2 Å². The zero-order valence-electron chi connectivity index (χ0n) is 15.4. The van der Waals surface area contributed by atoms with Crippen LogP contribution in [0.4, 0.5) is 0 Å². The average molecular weight is 352 g/mol. The maximum Gasteiger partial charge on any atom is 0.160 e. The van der Waals surface area contributed by atoms with Gasteiger partial charge in [-0.2, -0.15) is 0 Å². The first-order chi connectivity index (χ1) is 13.3. The second kappa shape index (κ2) is 7.42. The van der Waals surface area contributed by atoms with E-state index in [0.717, 1.165) is 39.4 Å². The van der Waals surface area contributed by atoms with Gasteiger partial charge in [0.15, 0.2) is 5.82 Å². The van der Waals surface area contributed by atoms with Crippen LogP contribution in [0.1, 0.15) is 5.56 Å². The standard InChI is InChI=1S/C24H20N2O/c1-17-7-9-18(10-8-17)21-5-3-6-22(19-11-13-20(27-2)14-12-19)23(21)24-25-15-4-16-26-24/h3-16H,1-2H3. The van der Waals surface area contributed by atoms with Gasteiger partial charge in [-0.15, -0.1) is 0 Å². The van der Waals surface area contributed by atoms with Crippen molar-refractivity contribution in [1.82, 2.24) is 9.97 Å². The smallest absolute Gasteiger partial charge is 0.160 e. The van der Waals surface area contributed by atoms with Crippen LogP contribution in [0.5, 0.6) is 5.75 Å². The van der Waals surface area contributed by atoms with Crippen LogP contribution < -0.4 is 4.74 Å². The number of rotatable bonds is 4. The first-order valence-electron chi connectivity index (χ1n) is 8.88. The summed E-state index contributed by atoms with van der Waals surface area (Å²) in [5.41, 5.74) is 6.75. The second-order valence-electron chi connectivity index (χ2n) is 6.40. The van der Waals surface area contributed by atoms with Crippen LogP contribution in [-0.4, -0.2) is 17.1 Å². The molecule has 0 bridgehead atoms. The highest BCUT2D eigenvalue weighted by Crippen LogP contribution is 2.38. The molecule has 0 atom stereocenters. The third-order valence-corrected chi connectivity index (χ3v) is 4.62. The van der Waals surface area contributed by atoms with Gasteiger partial charge in [-0.1, -0.05) is 60.2 Å². The van der Waals surface area contributed by atoms with Crippen molar-refractivity contribution in [1.29, 1.82) is 0 Å². The van der Waals surface area contributed by atoms with E-state index in [-0.39, 0.29) is 0 Å². The average Bonchev–Trinajstić information content (AvgIpc) is 2.74. The normalized spacial score (nSPS) is 10.6.